The molecule has 10 nitrogen and oxygen atoms in total. The Bertz CT molecular complexity index is 1860. The van der Waals surface area contributed by atoms with Crippen molar-refractivity contribution in [2.75, 3.05) is 51.8 Å². The van der Waals surface area contributed by atoms with Crippen LogP contribution in [-0.2, 0) is 10.0 Å². The van der Waals surface area contributed by atoms with Gasteiger partial charge in [-0.25, -0.2) is 13.1 Å². The van der Waals surface area contributed by atoms with Gasteiger partial charge in [-0.2, -0.15) is 0 Å². The third-order valence-electron chi connectivity index (χ3n) is 9.22. The van der Waals surface area contributed by atoms with E-state index in [2.05, 4.69) is 45.7 Å². The van der Waals surface area contributed by atoms with Crippen molar-refractivity contribution in [3.05, 3.63) is 106 Å². The summed E-state index contributed by atoms with van der Waals surface area (Å²) in [5.41, 5.74) is 3.50. The van der Waals surface area contributed by atoms with Crippen molar-refractivity contribution in [3.8, 4) is 11.5 Å². The number of sulfonamides is 1. The summed E-state index contributed by atoms with van der Waals surface area (Å²) in [5.74, 6) is 0.268. The molecule has 6 rings (SSSR count). The van der Waals surface area contributed by atoms with Crippen molar-refractivity contribution in [2.24, 2.45) is 0 Å². The van der Waals surface area contributed by atoms with Crippen LogP contribution in [0.15, 0.2) is 88.5 Å². The van der Waals surface area contributed by atoms with Crippen molar-refractivity contribution in [1.29, 1.82) is 0 Å². The van der Waals surface area contributed by atoms with E-state index in [1.165, 1.54) is 17.6 Å². The maximum atomic E-state index is 14.4. The molecule has 1 fully saturated rings. The number of thiophene rings is 1. The van der Waals surface area contributed by atoms with Gasteiger partial charge in [0.2, 0.25) is 10.0 Å². The number of hydrogen-bond donors (Lipinski definition) is 1. The Kier molecular flexibility index (Phi) is 10.2. The van der Waals surface area contributed by atoms with Crippen LogP contribution in [0.4, 0.5) is 5.69 Å². The summed E-state index contributed by atoms with van der Waals surface area (Å²) in [6.45, 7) is 5.44. The highest BCUT2D eigenvalue weighted by Gasteiger charge is 2.43. The lowest BCUT2D eigenvalue weighted by atomic mass is 9.99. The SMILES string of the molecule is COc1ccc([C@@H](CCCNS(=O)(=O)c2cccs2)N2C(=O)c3cccc(N4CCN(C(C)c5ccccc5)CC4)c3C2=O)cc1OC. The molecule has 1 aromatic heterocycles. The number of fused-ring (bicyclic) bond motifs is 1. The van der Waals surface area contributed by atoms with E-state index >= 15 is 0 Å². The number of rotatable bonds is 13. The van der Waals surface area contributed by atoms with Crippen LogP contribution in [0.2, 0.25) is 0 Å². The molecule has 4 aromatic rings. The van der Waals surface area contributed by atoms with E-state index in [1.807, 2.05) is 24.3 Å². The third-order valence-corrected chi connectivity index (χ3v) is 12.1. The fraction of sp³-hybridized carbons (Fsp3) is 0.333. The molecule has 0 spiro atoms. The van der Waals surface area contributed by atoms with Gasteiger partial charge in [0.05, 0.1) is 37.1 Å². The number of methoxy groups -OCH3 is 2. The molecule has 2 aliphatic rings. The number of imide groups is 1. The van der Waals surface area contributed by atoms with E-state index in [0.717, 1.165) is 43.2 Å². The Balaban J connectivity index is 1.24. The van der Waals surface area contributed by atoms with Crippen LogP contribution in [0.3, 0.4) is 0 Å². The molecule has 3 heterocycles. The molecule has 2 aliphatic heterocycles. The van der Waals surface area contributed by atoms with E-state index in [-0.39, 0.29) is 28.6 Å². The van der Waals surface area contributed by atoms with Gasteiger partial charge in [-0.05, 0) is 66.6 Å². The van der Waals surface area contributed by atoms with Crippen molar-refractivity contribution in [2.45, 2.75) is 36.1 Å². The zero-order valence-corrected chi connectivity index (χ0v) is 28.9. The summed E-state index contributed by atoms with van der Waals surface area (Å²) >= 11 is 1.15. The highest BCUT2D eigenvalue weighted by molar-refractivity contribution is 7.91. The minimum absolute atomic E-state index is 0.143. The first-order valence-electron chi connectivity index (χ1n) is 16.0. The fourth-order valence-corrected chi connectivity index (χ4v) is 8.73. The second-order valence-electron chi connectivity index (χ2n) is 11.9. The van der Waals surface area contributed by atoms with Crippen LogP contribution in [-0.4, -0.2) is 77.0 Å². The summed E-state index contributed by atoms with van der Waals surface area (Å²) in [6, 6.07) is 24.1. The number of benzene rings is 3. The zero-order chi connectivity index (χ0) is 33.8. The molecule has 1 saturated heterocycles. The molecule has 0 bridgehead atoms. The van der Waals surface area contributed by atoms with E-state index in [0.29, 0.717) is 41.0 Å². The first-order chi connectivity index (χ1) is 23.2. The standard InChI is InChI=1S/C36H40N4O6S2/c1-25(26-10-5-4-6-11-26)38-19-21-39(22-20-38)30-13-7-12-28-34(30)36(42)40(35(28)41)29(27-16-17-31(45-2)32(24-27)46-3)14-8-18-37-48(43,44)33-15-9-23-47-33/h4-7,9-13,15-17,23-25,29,37H,8,14,18-22H2,1-3H3/t25?,29-/m1/s1. The maximum Gasteiger partial charge on any atom is 0.264 e. The van der Waals surface area contributed by atoms with Gasteiger partial charge in [0.25, 0.3) is 11.8 Å². The normalized spacial score (nSPS) is 16.6. The van der Waals surface area contributed by atoms with Crippen LogP contribution in [0.5, 0.6) is 11.5 Å². The molecule has 3 aromatic carbocycles. The predicted molar refractivity (Wildman–Crippen MR) is 187 cm³/mol. The predicted octanol–water partition coefficient (Wildman–Crippen LogP) is 5.74. The molecule has 1 unspecified atom stereocenters. The summed E-state index contributed by atoms with van der Waals surface area (Å²) in [7, 11) is -0.575. The van der Waals surface area contributed by atoms with Gasteiger partial charge in [0.15, 0.2) is 11.5 Å². The highest BCUT2D eigenvalue weighted by Crippen LogP contribution is 2.40. The van der Waals surface area contributed by atoms with Gasteiger partial charge in [-0.15, -0.1) is 11.3 Å². The summed E-state index contributed by atoms with van der Waals surface area (Å²) in [5, 5.41) is 1.71. The Labute approximate surface area is 285 Å². The molecule has 1 N–H and O–H groups in total. The Morgan fingerprint density at radius 3 is 2.27 bits per heavy atom. The van der Waals surface area contributed by atoms with Crippen molar-refractivity contribution in [3.63, 3.8) is 0 Å². The molecular weight excluding hydrogens is 649 g/mol. The van der Waals surface area contributed by atoms with Crippen LogP contribution < -0.4 is 19.1 Å². The molecular formula is C36H40N4O6S2. The summed E-state index contributed by atoms with van der Waals surface area (Å²) in [6.07, 6.45) is 0.713. The summed E-state index contributed by atoms with van der Waals surface area (Å²) in [4.78, 5) is 34.4. The van der Waals surface area contributed by atoms with Gasteiger partial charge < -0.3 is 14.4 Å². The highest BCUT2D eigenvalue weighted by atomic mass is 32.2. The number of ether oxygens (including phenoxy) is 2. The molecule has 0 saturated carbocycles. The quantitative estimate of drug-likeness (QED) is 0.140. The molecule has 252 valence electrons. The van der Waals surface area contributed by atoms with Gasteiger partial charge in [-0.3, -0.25) is 19.4 Å². The van der Waals surface area contributed by atoms with Crippen molar-refractivity contribution < 1.29 is 27.5 Å². The number of piperazine rings is 1. The van der Waals surface area contributed by atoms with Gasteiger partial charge in [0.1, 0.15) is 4.21 Å². The Morgan fingerprint density at radius 1 is 0.833 bits per heavy atom. The topological polar surface area (TPSA) is 108 Å². The van der Waals surface area contributed by atoms with E-state index in [1.54, 1.807) is 42.8 Å². The number of hydrogen-bond acceptors (Lipinski definition) is 9. The first-order valence-corrected chi connectivity index (χ1v) is 18.4. The van der Waals surface area contributed by atoms with Crippen LogP contribution in [0.1, 0.15) is 63.7 Å². The Morgan fingerprint density at radius 2 is 1.58 bits per heavy atom. The average Bonchev–Trinajstić information content (AvgIpc) is 3.76. The number of nitrogens with one attached hydrogen (secondary N) is 1. The minimum atomic E-state index is -3.65. The van der Waals surface area contributed by atoms with Gasteiger partial charge in [-0.1, -0.05) is 48.5 Å². The second-order valence-corrected chi connectivity index (χ2v) is 14.8. The van der Waals surface area contributed by atoms with Crippen LogP contribution >= 0.6 is 11.3 Å². The number of amides is 2. The largest absolute Gasteiger partial charge is 0.493 e. The maximum absolute atomic E-state index is 14.4. The number of anilines is 1. The van der Waals surface area contributed by atoms with Crippen molar-refractivity contribution in [1.82, 2.24) is 14.5 Å². The smallest absolute Gasteiger partial charge is 0.264 e. The van der Waals surface area contributed by atoms with Crippen LogP contribution in [0, 0.1) is 0 Å². The zero-order valence-electron chi connectivity index (χ0n) is 27.3. The van der Waals surface area contributed by atoms with E-state index in [9.17, 15) is 18.0 Å². The number of nitrogens with zero attached hydrogens (tertiary/aromatic N) is 3. The first kappa shape index (κ1) is 33.7. The molecule has 12 heteroatoms. The lowest BCUT2D eigenvalue weighted by Gasteiger charge is -2.39. The number of carbonyl (C=O) groups is 2. The second kappa shape index (κ2) is 14.5. The summed E-state index contributed by atoms with van der Waals surface area (Å²) < 4.78 is 39.3. The Hall–Kier alpha value is -4.23. The molecule has 2 atom stereocenters. The molecule has 0 radical (unpaired) electrons. The molecule has 0 aliphatic carbocycles. The lowest BCUT2D eigenvalue weighted by molar-refractivity contribution is 0.0572. The third kappa shape index (κ3) is 6.70. The number of carbonyl (C=O) groups excluding carboxylic acids is 2. The average molecular weight is 689 g/mol. The van der Waals surface area contributed by atoms with Crippen molar-refractivity contribution >= 4 is 38.9 Å². The fourth-order valence-electron chi connectivity index (χ4n) is 6.62. The molecule has 48 heavy (non-hydrogen) atoms. The van der Waals surface area contributed by atoms with Gasteiger partial charge in [0, 0.05) is 38.8 Å². The minimum Gasteiger partial charge on any atom is -0.493 e. The van der Waals surface area contributed by atoms with Gasteiger partial charge >= 0.3 is 0 Å². The van der Waals surface area contributed by atoms with E-state index < -0.39 is 16.1 Å². The monoisotopic (exact) mass is 688 g/mol. The van der Waals surface area contributed by atoms with Crippen LogP contribution in [0.25, 0.3) is 0 Å². The molecule has 2 amide bonds. The lowest BCUT2D eigenvalue weighted by Crippen LogP contribution is -2.47. The van der Waals surface area contributed by atoms with E-state index in [4.69, 9.17) is 9.47 Å².